The van der Waals surface area contributed by atoms with E-state index in [1.165, 1.54) is 0 Å². The van der Waals surface area contributed by atoms with Gasteiger partial charge in [0.05, 0.1) is 0 Å². The van der Waals surface area contributed by atoms with Crippen LogP contribution in [0.25, 0.3) is 0 Å². The number of hydrogen-bond acceptors (Lipinski definition) is 3. The van der Waals surface area contributed by atoms with E-state index in [2.05, 4.69) is 4.72 Å². The molecule has 0 spiro atoms. The molecular formula is C12H18N2O3S. The van der Waals surface area contributed by atoms with Gasteiger partial charge in [-0.15, -0.1) is 0 Å². The summed E-state index contributed by atoms with van der Waals surface area (Å²) in [7, 11) is 3.50. The summed E-state index contributed by atoms with van der Waals surface area (Å²) in [5, 5.41) is 0. The Labute approximate surface area is 110 Å². The Morgan fingerprint density at radius 1 is 1.50 bits per heavy atom. The van der Waals surface area contributed by atoms with E-state index in [0.29, 0.717) is 13.2 Å². The average Bonchev–Trinajstić information content (AvgIpc) is 2.60. The molecule has 5 nitrogen and oxygen atoms in total. The summed E-state index contributed by atoms with van der Waals surface area (Å²) >= 11 is -1.19. The summed E-state index contributed by atoms with van der Waals surface area (Å²) in [5.74, 6) is 1.54. The molecule has 0 aromatic rings. The molecule has 1 fully saturated rings. The molecule has 6 heteroatoms. The highest BCUT2D eigenvalue weighted by Gasteiger charge is 2.23. The van der Waals surface area contributed by atoms with Gasteiger partial charge in [0.15, 0.2) is 22.7 Å². The first-order chi connectivity index (χ1) is 8.66. The fourth-order valence-corrected chi connectivity index (χ4v) is 2.20. The molecule has 2 aliphatic rings. The zero-order valence-electron chi connectivity index (χ0n) is 10.6. The molecule has 18 heavy (non-hydrogen) atoms. The molecule has 100 valence electrons. The predicted molar refractivity (Wildman–Crippen MR) is 70.6 cm³/mol. The van der Waals surface area contributed by atoms with Gasteiger partial charge in [-0.25, -0.2) is 13.2 Å². The summed E-state index contributed by atoms with van der Waals surface area (Å²) < 4.78 is 27.5. The van der Waals surface area contributed by atoms with Crippen LogP contribution in [0.4, 0.5) is 0 Å². The molecule has 0 saturated carbocycles. The Hall–Kier alpha value is -1.11. The van der Waals surface area contributed by atoms with Crippen LogP contribution in [0.1, 0.15) is 6.42 Å². The van der Waals surface area contributed by atoms with Crippen molar-refractivity contribution >= 4 is 11.2 Å². The lowest BCUT2D eigenvalue weighted by atomic mass is 10.3. The van der Waals surface area contributed by atoms with Crippen LogP contribution in [-0.4, -0.2) is 41.9 Å². The van der Waals surface area contributed by atoms with Gasteiger partial charge >= 0.3 is 0 Å². The van der Waals surface area contributed by atoms with Gasteiger partial charge < -0.3 is 9.47 Å². The second-order valence-electron chi connectivity index (χ2n) is 4.22. The molecule has 0 radical (unpaired) electrons. The Morgan fingerprint density at radius 2 is 2.33 bits per heavy atom. The minimum atomic E-state index is -1.19. The minimum absolute atomic E-state index is 0.121. The van der Waals surface area contributed by atoms with E-state index in [-0.39, 0.29) is 6.10 Å². The van der Waals surface area contributed by atoms with Crippen LogP contribution in [0.5, 0.6) is 0 Å². The Kier molecular flexibility index (Phi) is 4.57. The van der Waals surface area contributed by atoms with Crippen LogP contribution < -0.4 is 4.72 Å². The monoisotopic (exact) mass is 270 g/mol. The zero-order chi connectivity index (χ0) is 13.0. The molecule has 0 amide bonds. The lowest BCUT2D eigenvalue weighted by molar-refractivity contribution is -0.00355. The van der Waals surface area contributed by atoms with E-state index in [0.717, 1.165) is 17.9 Å². The van der Waals surface area contributed by atoms with E-state index in [1.54, 1.807) is 18.4 Å². The Balaban J connectivity index is 1.88. The summed E-state index contributed by atoms with van der Waals surface area (Å²) in [6.07, 6.45) is 8.62. The molecule has 1 aliphatic carbocycles. The number of hydrogen-bond donors (Lipinski definition) is 1. The topological polar surface area (TPSA) is 50.8 Å². The molecule has 0 aromatic carbocycles. The van der Waals surface area contributed by atoms with Gasteiger partial charge in [-0.1, -0.05) is 12.2 Å². The van der Waals surface area contributed by atoms with Gasteiger partial charge in [-0.05, 0) is 18.6 Å². The van der Waals surface area contributed by atoms with Gasteiger partial charge in [0.25, 0.3) is 0 Å². The van der Waals surface area contributed by atoms with Crippen molar-refractivity contribution in [1.29, 1.82) is 0 Å². The summed E-state index contributed by atoms with van der Waals surface area (Å²) in [4.78, 5) is 0. The number of nitrogens with one attached hydrogen (secondary N) is 1. The number of rotatable bonds is 4. The van der Waals surface area contributed by atoms with Gasteiger partial charge in [0.2, 0.25) is 0 Å². The maximum absolute atomic E-state index is 11.5. The van der Waals surface area contributed by atoms with E-state index in [9.17, 15) is 4.21 Å². The molecule has 1 heterocycles. The minimum Gasteiger partial charge on any atom is -0.486 e. The van der Waals surface area contributed by atoms with Gasteiger partial charge in [0.1, 0.15) is 12.7 Å². The molecule has 2 rings (SSSR count). The molecular weight excluding hydrogens is 252 g/mol. The first kappa shape index (κ1) is 13.3. The van der Waals surface area contributed by atoms with Crippen molar-refractivity contribution in [2.75, 3.05) is 27.2 Å². The highest BCUT2D eigenvalue weighted by atomic mass is 32.2. The van der Waals surface area contributed by atoms with E-state index >= 15 is 0 Å². The zero-order valence-corrected chi connectivity index (χ0v) is 11.4. The SMILES string of the molecule is CN(C)S(=O)NCC1COC2=CCC=CC=C2O1. The van der Waals surface area contributed by atoms with Crippen molar-refractivity contribution in [3.8, 4) is 0 Å². The number of allylic oxidation sites excluding steroid dienone is 4. The molecule has 1 aliphatic heterocycles. The maximum Gasteiger partial charge on any atom is 0.169 e. The Bertz CT molecular complexity index is 416. The van der Waals surface area contributed by atoms with E-state index in [4.69, 9.17) is 9.47 Å². The first-order valence-corrected chi connectivity index (χ1v) is 6.97. The summed E-state index contributed by atoms with van der Waals surface area (Å²) in [6, 6.07) is 0. The van der Waals surface area contributed by atoms with Crippen LogP contribution in [0.15, 0.2) is 35.8 Å². The molecule has 2 atom stereocenters. The molecule has 0 aromatic heterocycles. The van der Waals surface area contributed by atoms with E-state index < -0.39 is 11.2 Å². The molecule has 1 saturated heterocycles. The van der Waals surface area contributed by atoms with Crippen molar-refractivity contribution < 1.29 is 13.7 Å². The van der Waals surface area contributed by atoms with Crippen molar-refractivity contribution in [2.45, 2.75) is 12.5 Å². The maximum atomic E-state index is 11.5. The average molecular weight is 270 g/mol. The normalized spacial score (nSPS) is 24.3. The summed E-state index contributed by atoms with van der Waals surface area (Å²) in [5.41, 5.74) is 0. The van der Waals surface area contributed by atoms with Crippen molar-refractivity contribution in [1.82, 2.24) is 9.03 Å². The fraction of sp³-hybridized carbons (Fsp3) is 0.500. The van der Waals surface area contributed by atoms with Crippen molar-refractivity contribution in [2.24, 2.45) is 0 Å². The third kappa shape index (κ3) is 3.44. The largest absolute Gasteiger partial charge is 0.486 e. The molecule has 2 unspecified atom stereocenters. The van der Waals surface area contributed by atoms with Crippen LogP contribution in [0, 0.1) is 0 Å². The summed E-state index contributed by atoms with van der Waals surface area (Å²) in [6.45, 7) is 0.958. The number of nitrogens with zero attached hydrogens (tertiary/aromatic N) is 1. The standard InChI is InChI=1S/C12H18N2O3S/c1-14(2)18(15)13-8-10-9-16-11-6-4-3-5-7-12(11)17-10/h3,5-7,10,13H,4,8-9H2,1-2H3. The lowest BCUT2D eigenvalue weighted by Gasteiger charge is -2.28. The van der Waals surface area contributed by atoms with Gasteiger partial charge in [0, 0.05) is 20.6 Å². The second kappa shape index (κ2) is 6.17. The molecule has 1 N–H and O–H groups in total. The predicted octanol–water partition coefficient (Wildman–Crippen LogP) is 0.859. The quantitative estimate of drug-likeness (QED) is 0.824. The number of ether oxygens (including phenoxy) is 2. The first-order valence-electron chi connectivity index (χ1n) is 5.86. The third-order valence-electron chi connectivity index (χ3n) is 2.55. The van der Waals surface area contributed by atoms with Crippen molar-refractivity contribution in [3.05, 3.63) is 35.8 Å². The van der Waals surface area contributed by atoms with Crippen LogP contribution in [-0.2, 0) is 20.6 Å². The van der Waals surface area contributed by atoms with E-state index in [1.807, 2.05) is 24.3 Å². The third-order valence-corrected chi connectivity index (χ3v) is 3.63. The fourth-order valence-electron chi connectivity index (χ4n) is 1.61. The van der Waals surface area contributed by atoms with Gasteiger partial charge in [-0.3, -0.25) is 0 Å². The van der Waals surface area contributed by atoms with Crippen LogP contribution in [0.3, 0.4) is 0 Å². The Morgan fingerprint density at radius 3 is 3.11 bits per heavy atom. The highest BCUT2D eigenvalue weighted by Crippen LogP contribution is 2.24. The van der Waals surface area contributed by atoms with Crippen LogP contribution in [0.2, 0.25) is 0 Å². The highest BCUT2D eigenvalue weighted by molar-refractivity contribution is 7.80. The van der Waals surface area contributed by atoms with Crippen molar-refractivity contribution in [3.63, 3.8) is 0 Å². The second-order valence-corrected chi connectivity index (χ2v) is 5.74. The van der Waals surface area contributed by atoms with Gasteiger partial charge in [-0.2, -0.15) is 0 Å². The lowest BCUT2D eigenvalue weighted by Crippen LogP contribution is -2.39. The van der Waals surface area contributed by atoms with Crippen LogP contribution >= 0.6 is 0 Å². The molecule has 0 bridgehead atoms. The number of fused-ring (bicyclic) bond motifs is 1. The smallest absolute Gasteiger partial charge is 0.169 e.